The predicted molar refractivity (Wildman–Crippen MR) is 53.1 cm³/mol. The van der Waals surface area contributed by atoms with Crippen LogP contribution in [-0.2, 0) is 9.53 Å². The second-order valence-electron chi connectivity index (χ2n) is 3.46. The molecule has 1 N–H and O–H groups in total. The first-order chi connectivity index (χ1) is 7.33. The Morgan fingerprint density at radius 1 is 1.31 bits per heavy atom. The monoisotopic (exact) mass is 242 g/mol. The molecule has 0 bridgehead atoms. The van der Waals surface area contributed by atoms with Gasteiger partial charge >= 0.3 is 6.18 Å². The van der Waals surface area contributed by atoms with E-state index < -0.39 is 12.8 Å². The third-order valence-corrected chi connectivity index (χ3v) is 1.70. The lowest BCUT2D eigenvalue weighted by atomic mass is 10.4. The van der Waals surface area contributed by atoms with Crippen LogP contribution in [0.25, 0.3) is 0 Å². The Morgan fingerprint density at radius 2 is 1.94 bits per heavy atom. The molecule has 0 atom stereocenters. The number of nitrogens with zero attached hydrogens (tertiary/aromatic N) is 1. The van der Waals surface area contributed by atoms with Gasteiger partial charge in [-0.05, 0) is 0 Å². The molecule has 0 aromatic carbocycles. The summed E-state index contributed by atoms with van der Waals surface area (Å²) in [5.74, 6) is -0.0243. The molecule has 1 amide bonds. The van der Waals surface area contributed by atoms with Crippen LogP contribution in [0.15, 0.2) is 0 Å². The topological polar surface area (TPSA) is 41.6 Å². The standard InChI is InChI=1S/C9H17F3N2O2/c1-14(2)8(15)3-4-13-5-6-16-7-9(10,11)12/h13H,3-7H2,1-2H3. The number of ether oxygens (including phenoxy) is 1. The fraction of sp³-hybridized carbons (Fsp3) is 0.889. The Labute approximate surface area is 92.7 Å². The van der Waals surface area contributed by atoms with Crippen LogP contribution < -0.4 is 5.32 Å². The van der Waals surface area contributed by atoms with E-state index >= 15 is 0 Å². The van der Waals surface area contributed by atoms with Gasteiger partial charge in [-0.1, -0.05) is 0 Å². The van der Waals surface area contributed by atoms with E-state index in [1.807, 2.05) is 0 Å². The molecule has 0 saturated heterocycles. The van der Waals surface area contributed by atoms with Gasteiger partial charge in [-0.2, -0.15) is 13.2 Å². The van der Waals surface area contributed by atoms with Gasteiger partial charge in [-0.3, -0.25) is 4.79 Å². The molecule has 16 heavy (non-hydrogen) atoms. The highest BCUT2D eigenvalue weighted by Gasteiger charge is 2.27. The molecule has 0 spiro atoms. The SMILES string of the molecule is CN(C)C(=O)CCNCCOCC(F)(F)F. The lowest BCUT2D eigenvalue weighted by molar-refractivity contribution is -0.173. The van der Waals surface area contributed by atoms with Gasteiger partial charge in [0.05, 0.1) is 6.61 Å². The van der Waals surface area contributed by atoms with Crippen molar-refractivity contribution in [3.63, 3.8) is 0 Å². The Kier molecular flexibility index (Phi) is 7.07. The third-order valence-electron chi connectivity index (χ3n) is 1.70. The van der Waals surface area contributed by atoms with Crippen molar-refractivity contribution in [2.24, 2.45) is 0 Å². The van der Waals surface area contributed by atoms with Gasteiger partial charge in [-0.25, -0.2) is 0 Å². The van der Waals surface area contributed by atoms with Crippen molar-refractivity contribution < 1.29 is 22.7 Å². The van der Waals surface area contributed by atoms with E-state index in [-0.39, 0.29) is 12.5 Å². The number of carbonyl (C=O) groups is 1. The summed E-state index contributed by atoms with van der Waals surface area (Å²) in [5, 5.41) is 2.82. The fourth-order valence-electron chi connectivity index (χ4n) is 0.876. The molecular formula is C9H17F3N2O2. The first-order valence-corrected chi connectivity index (χ1v) is 4.88. The number of amides is 1. The fourth-order valence-corrected chi connectivity index (χ4v) is 0.876. The molecule has 96 valence electrons. The maximum atomic E-state index is 11.6. The van der Waals surface area contributed by atoms with Gasteiger partial charge in [0.25, 0.3) is 0 Å². The number of rotatable bonds is 7. The third kappa shape index (κ3) is 9.72. The summed E-state index contributed by atoms with van der Waals surface area (Å²) in [4.78, 5) is 12.5. The zero-order valence-electron chi connectivity index (χ0n) is 9.43. The van der Waals surface area contributed by atoms with Crippen molar-refractivity contribution in [2.45, 2.75) is 12.6 Å². The number of hydrogen-bond donors (Lipinski definition) is 1. The van der Waals surface area contributed by atoms with E-state index in [4.69, 9.17) is 0 Å². The minimum atomic E-state index is -4.28. The van der Waals surface area contributed by atoms with Crippen LogP contribution in [0.4, 0.5) is 13.2 Å². The van der Waals surface area contributed by atoms with Crippen LogP contribution in [0.2, 0.25) is 0 Å². The van der Waals surface area contributed by atoms with E-state index in [2.05, 4.69) is 10.1 Å². The molecule has 0 rings (SSSR count). The van der Waals surface area contributed by atoms with Crippen molar-refractivity contribution in [3.8, 4) is 0 Å². The molecule has 0 aliphatic heterocycles. The summed E-state index contributed by atoms with van der Waals surface area (Å²) in [5.41, 5.74) is 0. The first-order valence-electron chi connectivity index (χ1n) is 4.88. The lowest BCUT2D eigenvalue weighted by Crippen LogP contribution is -2.29. The van der Waals surface area contributed by atoms with Gasteiger partial charge in [0.1, 0.15) is 6.61 Å². The maximum absolute atomic E-state index is 11.6. The van der Waals surface area contributed by atoms with Crippen LogP contribution in [0, 0.1) is 0 Å². The van der Waals surface area contributed by atoms with E-state index in [1.165, 1.54) is 4.90 Å². The van der Waals surface area contributed by atoms with E-state index in [1.54, 1.807) is 14.1 Å². The number of hydrogen-bond acceptors (Lipinski definition) is 3. The molecule has 0 saturated carbocycles. The largest absolute Gasteiger partial charge is 0.411 e. The molecule has 0 aromatic rings. The molecule has 7 heteroatoms. The predicted octanol–water partition coefficient (Wildman–Crippen LogP) is 0.633. The molecule has 0 aromatic heterocycles. The van der Waals surface area contributed by atoms with E-state index in [0.717, 1.165) is 0 Å². The van der Waals surface area contributed by atoms with Crippen LogP contribution in [-0.4, -0.2) is 57.4 Å². The zero-order valence-corrected chi connectivity index (χ0v) is 9.43. The second-order valence-corrected chi connectivity index (χ2v) is 3.46. The van der Waals surface area contributed by atoms with Gasteiger partial charge < -0.3 is 15.0 Å². The van der Waals surface area contributed by atoms with Crippen molar-refractivity contribution in [1.82, 2.24) is 10.2 Å². The average Bonchev–Trinajstić information content (AvgIpc) is 2.14. The Morgan fingerprint density at radius 3 is 2.44 bits per heavy atom. The second kappa shape index (κ2) is 7.45. The van der Waals surface area contributed by atoms with E-state index in [9.17, 15) is 18.0 Å². The molecule has 0 radical (unpaired) electrons. The molecule has 0 fully saturated rings. The molecule has 0 unspecified atom stereocenters. The summed E-state index contributed by atoms with van der Waals surface area (Å²) in [6.07, 6.45) is -3.95. The lowest BCUT2D eigenvalue weighted by Gasteiger charge is -2.11. The molecular weight excluding hydrogens is 225 g/mol. The minimum absolute atomic E-state index is 0.0182. The minimum Gasteiger partial charge on any atom is -0.371 e. The number of alkyl halides is 3. The Bertz CT molecular complexity index is 207. The molecule has 0 aliphatic carbocycles. The molecule has 0 heterocycles. The summed E-state index contributed by atoms with van der Waals surface area (Å²) in [6, 6.07) is 0. The Balaban J connectivity index is 3.26. The summed E-state index contributed by atoms with van der Waals surface area (Å²) in [6.45, 7) is -0.510. The number of carbonyl (C=O) groups excluding carboxylic acids is 1. The van der Waals surface area contributed by atoms with Gasteiger partial charge in [0, 0.05) is 33.6 Å². The highest BCUT2D eigenvalue weighted by molar-refractivity contribution is 5.75. The van der Waals surface area contributed by atoms with Crippen LogP contribution in [0.3, 0.4) is 0 Å². The van der Waals surface area contributed by atoms with Gasteiger partial charge in [0.2, 0.25) is 5.91 Å². The highest BCUT2D eigenvalue weighted by Crippen LogP contribution is 2.13. The van der Waals surface area contributed by atoms with Gasteiger partial charge in [-0.15, -0.1) is 0 Å². The van der Waals surface area contributed by atoms with Crippen molar-refractivity contribution in [2.75, 3.05) is 40.4 Å². The quantitative estimate of drug-likeness (QED) is 0.666. The smallest absolute Gasteiger partial charge is 0.371 e. The summed E-state index contributed by atoms with van der Waals surface area (Å²) in [7, 11) is 3.30. The van der Waals surface area contributed by atoms with E-state index in [0.29, 0.717) is 19.5 Å². The molecule has 4 nitrogen and oxygen atoms in total. The van der Waals surface area contributed by atoms with Crippen molar-refractivity contribution >= 4 is 5.91 Å². The number of nitrogens with one attached hydrogen (secondary N) is 1. The van der Waals surface area contributed by atoms with Crippen molar-refractivity contribution in [1.29, 1.82) is 0 Å². The van der Waals surface area contributed by atoms with Crippen LogP contribution >= 0.6 is 0 Å². The normalized spacial score (nSPS) is 11.6. The van der Waals surface area contributed by atoms with Crippen LogP contribution in [0.5, 0.6) is 0 Å². The van der Waals surface area contributed by atoms with Gasteiger partial charge in [0.15, 0.2) is 0 Å². The van der Waals surface area contributed by atoms with Crippen LogP contribution in [0.1, 0.15) is 6.42 Å². The molecule has 0 aliphatic rings. The Hall–Kier alpha value is -0.820. The summed E-state index contributed by atoms with van der Waals surface area (Å²) < 4.78 is 39.3. The highest BCUT2D eigenvalue weighted by atomic mass is 19.4. The zero-order chi connectivity index (χ0) is 12.6. The first kappa shape index (κ1) is 15.2. The van der Waals surface area contributed by atoms with Crippen molar-refractivity contribution in [3.05, 3.63) is 0 Å². The average molecular weight is 242 g/mol. The number of halogens is 3. The summed E-state index contributed by atoms with van der Waals surface area (Å²) >= 11 is 0. The maximum Gasteiger partial charge on any atom is 0.411 e.